The number of allylic oxidation sites excluding steroid dienone is 2. The molecule has 1 atom stereocenters. The molecule has 3 aromatic rings. The van der Waals surface area contributed by atoms with Crippen LogP contribution in [-0.4, -0.2) is 36.0 Å². The monoisotopic (exact) mass is 420 g/mol. The van der Waals surface area contributed by atoms with E-state index >= 15 is 0 Å². The number of piperazine rings is 1. The van der Waals surface area contributed by atoms with E-state index in [9.17, 15) is 0 Å². The van der Waals surface area contributed by atoms with Crippen LogP contribution in [-0.2, 0) is 0 Å². The van der Waals surface area contributed by atoms with Crippen molar-refractivity contribution in [1.29, 1.82) is 0 Å². The summed E-state index contributed by atoms with van der Waals surface area (Å²) < 4.78 is 0. The SMILES string of the molecule is C1=CC(C(c2ccccc2)N2CCN(C(c3ccccc3)c3ccccc3)CC2)=CCC1. The molecule has 0 bridgehead atoms. The van der Waals surface area contributed by atoms with E-state index in [1.54, 1.807) is 0 Å². The van der Waals surface area contributed by atoms with Gasteiger partial charge in [-0.3, -0.25) is 9.80 Å². The number of hydrogen-bond acceptors (Lipinski definition) is 2. The molecule has 5 rings (SSSR count). The smallest absolute Gasteiger partial charge is 0.0602 e. The first kappa shape index (κ1) is 20.9. The van der Waals surface area contributed by atoms with E-state index in [4.69, 9.17) is 0 Å². The van der Waals surface area contributed by atoms with Gasteiger partial charge in [0.1, 0.15) is 0 Å². The number of hydrogen-bond donors (Lipinski definition) is 0. The van der Waals surface area contributed by atoms with Crippen LogP contribution in [0.4, 0.5) is 0 Å². The minimum absolute atomic E-state index is 0.309. The van der Waals surface area contributed by atoms with Crippen molar-refractivity contribution in [2.45, 2.75) is 24.9 Å². The average Bonchev–Trinajstić information content (AvgIpc) is 2.88. The lowest BCUT2D eigenvalue weighted by molar-refractivity contribution is 0.0895. The van der Waals surface area contributed by atoms with Gasteiger partial charge in [0.15, 0.2) is 0 Å². The highest BCUT2D eigenvalue weighted by Gasteiger charge is 2.31. The van der Waals surface area contributed by atoms with Gasteiger partial charge >= 0.3 is 0 Å². The Balaban J connectivity index is 1.39. The summed E-state index contributed by atoms with van der Waals surface area (Å²) in [5.41, 5.74) is 5.62. The molecule has 0 saturated carbocycles. The number of nitrogens with zero attached hydrogens (tertiary/aromatic N) is 2. The van der Waals surface area contributed by atoms with Gasteiger partial charge < -0.3 is 0 Å². The molecular weight excluding hydrogens is 388 g/mol. The highest BCUT2D eigenvalue weighted by Crippen LogP contribution is 2.35. The van der Waals surface area contributed by atoms with Crippen molar-refractivity contribution in [3.05, 3.63) is 131 Å². The Bertz CT molecular complexity index is 992. The van der Waals surface area contributed by atoms with E-state index in [0.29, 0.717) is 12.1 Å². The van der Waals surface area contributed by atoms with Crippen LogP contribution in [0.15, 0.2) is 115 Å². The first-order valence-corrected chi connectivity index (χ1v) is 11.9. The molecule has 1 heterocycles. The molecule has 0 amide bonds. The average molecular weight is 421 g/mol. The van der Waals surface area contributed by atoms with E-state index < -0.39 is 0 Å². The number of benzene rings is 3. The molecule has 0 radical (unpaired) electrons. The predicted molar refractivity (Wildman–Crippen MR) is 134 cm³/mol. The molecule has 0 N–H and O–H groups in total. The Morgan fingerprint density at radius 3 is 1.38 bits per heavy atom. The van der Waals surface area contributed by atoms with Crippen LogP contribution in [0, 0.1) is 0 Å². The highest BCUT2D eigenvalue weighted by atomic mass is 15.3. The minimum Gasteiger partial charge on any atom is -0.290 e. The largest absolute Gasteiger partial charge is 0.290 e. The molecule has 1 fully saturated rings. The quantitative estimate of drug-likeness (QED) is 0.454. The zero-order valence-electron chi connectivity index (χ0n) is 18.7. The molecule has 2 aliphatic rings. The maximum atomic E-state index is 2.68. The van der Waals surface area contributed by atoms with Gasteiger partial charge in [-0.25, -0.2) is 0 Å². The van der Waals surface area contributed by atoms with Crippen LogP contribution in [0.5, 0.6) is 0 Å². The van der Waals surface area contributed by atoms with E-state index in [-0.39, 0.29) is 0 Å². The Kier molecular flexibility index (Phi) is 6.62. The fraction of sp³-hybridized carbons (Fsp3) is 0.267. The second-order valence-electron chi connectivity index (χ2n) is 8.79. The summed E-state index contributed by atoms with van der Waals surface area (Å²) in [5.74, 6) is 0. The first-order chi connectivity index (χ1) is 15.9. The molecule has 32 heavy (non-hydrogen) atoms. The third-order valence-corrected chi connectivity index (χ3v) is 6.76. The van der Waals surface area contributed by atoms with Crippen LogP contribution in [0.1, 0.15) is 41.6 Å². The molecular formula is C30H32N2. The summed E-state index contributed by atoms with van der Waals surface area (Å²) in [6, 6.07) is 33.7. The highest BCUT2D eigenvalue weighted by molar-refractivity contribution is 5.36. The van der Waals surface area contributed by atoms with Gasteiger partial charge in [-0.05, 0) is 35.1 Å². The Morgan fingerprint density at radius 1 is 0.500 bits per heavy atom. The van der Waals surface area contributed by atoms with Crippen LogP contribution in [0.3, 0.4) is 0 Å². The molecule has 162 valence electrons. The first-order valence-electron chi connectivity index (χ1n) is 11.9. The fourth-order valence-electron chi connectivity index (χ4n) is 5.22. The molecule has 0 aromatic heterocycles. The summed E-state index contributed by atoms with van der Waals surface area (Å²) >= 11 is 0. The topological polar surface area (TPSA) is 6.48 Å². The molecule has 1 aliphatic heterocycles. The van der Waals surface area contributed by atoms with Crippen LogP contribution in [0.2, 0.25) is 0 Å². The van der Waals surface area contributed by atoms with Crippen molar-refractivity contribution in [2.75, 3.05) is 26.2 Å². The number of rotatable bonds is 6. The van der Waals surface area contributed by atoms with Gasteiger partial charge in [-0.15, -0.1) is 0 Å². The van der Waals surface area contributed by atoms with Gasteiger partial charge in [0.2, 0.25) is 0 Å². The van der Waals surface area contributed by atoms with Crippen molar-refractivity contribution in [1.82, 2.24) is 9.80 Å². The Labute approximate surface area is 192 Å². The molecule has 2 heteroatoms. The van der Waals surface area contributed by atoms with Gasteiger partial charge in [0.25, 0.3) is 0 Å². The van der Waals surface area contributed by atoms with Gasteiger partial charge in [0, 0.05) is 26.2 Å². The zero-order valence-corrected chi connectivity index (χ0v) is 18.7. The van der Waals surface area contributed by atoms with Crippen molar-refractivity contribution < 1.29 is 0 Å². The predicted octanol–water partition coefficient (Wildman–Crippen LogP) is 6.41. The van der Waals surface area contributed by atoms with E-state index in [1.807, 2.05) is 0 Å². The normalized spacial score (nSPS) is 18.5. The summed E-state index contributed by atoms with van der Waals surface area (Å²) in [4.78, 5) is 5.34. The second kappa shape index (κ2) is 10.1. The lowest BCUT2D eigenvalue weighted by Gasteiger charge is -2.43. The van der Waals surface area contributed by atoms with E-state index in [1.165, 1.54) is 22.3 Å². The lowest BCUT2D eigenvalue weighted by atomic mass is 9.92. The molecule has 0 spiro atoms. The molecule has 3 aromatic carbocycles. The Hall–Kier alpha value is -2.94. The van der Waals surface area contributed by atoms with E-state index in [2.05, 4.69) is 119 Å². The van der Waals surface area contributed by atoms with Crippen LogP contribution in [0.25, 0.3) is 0 Å². The van der Waals surface area contributed by atoms with Gasteiger partial charge in [-0.1, -0.05) is 109 Å². The maximum Gasteiger partial charge on any atom is 0.0602 e. The van der Waals surface area contributed by atoms with E-state index in [0.717, 1.165) is 39.0 Å². The van der Waals surface area contributed by atoms with Crippen LogP contribution >= 0.6 is 0 Å². The Morgan fingerprint density at radius 2 is 0.938 bits per heavy atom. The lowest BCUT2D eigenvalue weighted by Crippen LogP contribution is -2.49. The standard InChI is InChI=1S/C30H32N2/c1-5-13-25(14-6-1)29(26-15-7-2-8-16-26)31-21-23-32(24-22-31)30(27-17-9-3-10-18-27)28-19-11-4-12-20-28/h1-3,5-11,13-20,29-30H,4,12,21-24H2. The van der Waals surface area contributed by atoms with Gasteiger partial charge in [-0.2, -0.15) is 0 Å². The fourth-order valence-corrected chi connectivity index (χ4v) is 5.22. The summed E-state index contributed by atoms with van der Waals surface area (Å²) in [6.45, 7) is 4.27. The maximum absolute atomic E-state index is 2.68. The molecule has 1 saturated heterocycles. The third-order valence-electron chi connectivity index (χ3n) is 6.76. The van der Waals surface area contributed by atoms with Crippen molar-refractivity contribution in [2.24, 2.45) is 0 Å². The van der Waals surface area contributed by atoms with Crippen LogP contribution < -0.4 is 0 Å². The van der Waals surface area contributed by atoms with Crippen molar-refractivity contribution >= 4 is 0 Å². The third kappa shape index (κ3) is 4.62. The molecule has 1 aliphatic carbocycles. The zero-order chi connectivity index (χ0) is 21.6. The molecule has 1 unspecified atom stereocenters. The molecule has 2 nitrogen and oxygen atoms in total. The second-order valence-corrected chi connectivity index (χ2v) is 8.79. The summed E-state index contributed by atoms with van der Waals surface area (Å²) in [5, 5.41) is 0. The summed E-state index contributed by atoms with van der Waals surface area (Å²) in [6.07, 6.45) is 9.45. The van der Waals surface area contributed by atoms with Gasteiger partial charge in [0.05, 0.1) is 12.1 Å². The van der Waals surface area contributed by atoms with Crippen molar-refractivity contribution in [3.63, 3.8) is 0 Å². The van der Waals surface area contributed by atoms with Crippen molar-refractivity contribution in [3.8, 4) is 0 Å². The minimum atomic E-state index is 0.309. The summed E-state index contributed by atoms with van der Waals surface area (Å²) in [7, 11) is 0.